The lowest BCUT2D eigenvalue weighted by molar-refractivity contribution is -0.119. The summed E-state index contributed by atoms with van der Waals surface area (Å²) in [4.78, 5) is 14.0. The van der Waals surface area contributed by atoms with E-state index in [2.05, 4.69) is 31.5 Å². The van der Waals surface area contributed by atoms with Gasteiger partial charge in [0.1, 0.15) is 0 Å². The van der Waals surface area contributed by atoms with Crippen LogP contribution in [0.2, 0.25) is 0 Å². The number of hydrogen-bond acceptors (Lipinski definition) is 4. The number of amides is 1. The Morgan fingerprint density at radius 2 is 2.15 bits per heavy atom. The van der Waals surface area contributed by atoms with Gasteiger partial charge < -0.3 is 15.4 Å². The molecule has 0 aromatic heterocycles. The molecule has 0 saturated carbocycles. The topological polar surface area (TPSA) is 53.6 Å². The number of benzene rings is 1. The number of carbonyl (C=O) groups excluding carboxylic acids is 1. The zero-order chi connectivity index (χ0) is 14.2. The molecule has 6 heteroatoms. The van der Waals surface area contributed by atoms with Crippen LogP contribution in [0.3, 0.4) is 0 Å². The van der Waals surface area contributed by atoms with Crippen molar-refractivity contribution in [1.82, 2.24) is 10.2 Å². The third-order valence-corrected chi connectivity index (χ3v) is 3.62. The van der Waals surface area contributed by atoms with Gasteiger partial charge in [-0.15, -0.1) is 0 Å². The normalized spacial score (nSPS) is 15.8. The predicted molar refractivity (Wildman–Crippen MR) is 82.9 cm³/mol. The summed E-state index contributed by atoms with van der Waals surface area (Å²) in [6.07, 6.45) is 0. The summed E-state index contributed by atoms with van der Waals surface area (Å²) in [5.74, 6) is 0.0123. The fraction of sp³-hybridized carbons (Fsp3) is 0.500. The first-order valence-electron chi connectivity index (χ1n) is 6.80. The molecule has 0 spiro atoms. The molecule has 2 N–H and O–H groups in total. The Bertz CT molecular complexity index is 436. The number of nitrogens with zero attached hydrogens (tertiary/aromatic N) is 1. The Labute approximate surface area is 127 Å². The fourth-order valence-electron chi connectivity index (χ4n) is 2.02. The van der Waals surface area contributed by atoms with Gasteiger partial charge in [-0.2, -0.15) is 0 Å². The number of ether oxygens (including phenoxy) is 1. The van der Waals surface area contributed by atoms with Crippen molar-refractivity contribution in [2.24, 2.45) is 0 Å². The lowest BCUT2D eigenvalue weighted by Crippen LogP contribution is -2.42. The van der Waals surface area contributed by atoms with E-state index in [1.165, 1.54) is 0 Å². The first kappa shape index (κ1) is 15.3. The van der Waals surface area contributed by atoms with Crippen LogP contribution >= 0.6 is 15.9 Å². The number of halogens is 1. The van der Waals surface area contributed by atoms with Crippen molar-refractivity contribution in [1.29, 1.82) is 0 Å². The van der Waals surface area contributed by atoms with Crippen molar-refractivity contribution in [3.05, 3.63) is 28.7 Å². The van der Waals surface area contributed by atoms with Crippen molar-refractivity contribution in [2.75, 3.05) is 51.3 Å². The molecule has 1 aromatic rings. The fourth-order valence-corrected chi connectivity index (χ4v) is 2.42. The molecule has 5 nitrogen and oxygen atoms in total. The standard InChI is InChI=1S/C14H20BrN3O2/c15-12-2-1-3-13(10-12)17-11-14(19)16-4-5-18-6-8-20-9-7-18/h1-3,10,17H,4-9,11H2,(H,16,19). The summed E-state index contributed by atoms with van der Waals surface area (Å²) >= 11 is 3.40. The van der Waals surface area contributed by atoms with Crippen LogP contribution in [-0.2, 0) is 9.53 Å². The van der Waals surface area contributed by atoms with E-state index in [0.717, 1.165) is 43.0 Å². The van der Waals surface area contributed by atoms with Gasteiger partial charge in [-0.05, 0) is 18.2 Å². The van der Waals surface area contributed by atoms with Gasteiger partial charge >= 0.3 is 0 Å². The van der Waals surface area contributed by atoms with Crippen LogP contribution in [0.25, 0.3) is 0 Å². The zero-order valence-corrected chi connectivity index (χ0v) is 13.0. The lowest BCUT2D eigenvalue weighted by atomic mass is 10.3. The Morgan fingerprint density at radius 1 is 1.35 bits per heavy atom. The largest absolute Gasteiger partial charge is 0.379 e. The molecule has 1 aliphatic rings. The van der Waals surface area contributed by atoms with Gasteiger partial charge in [0.25, 0.3) is 0 Å². The van der Waals surface area contributed by atoms with E-state index in [4.69, 9.17) is 4.74 Å². The highest BCUT2D eigenvalue weighted by Gasteiger charge is 2.09. The average molecular weight is 342 g/mol. The summed E-state index contributed by atoms with van der Waals surface area (Å²) in [6.45, 7) is 5.33. The van der Waals surface area contributed by atoms with E-state index in [9.17, 15) is 4.79 Å². The van der Waals surface area contributed by atoms with E-state index in [-0.39, 0.29) is 5.91 Å². The molecule has 0 unspecified atom stereocenters. The van der Waals surface area contributed by atoms with Crippen LogP contribution in [0.15, 0.2) is 28.7 Å². The number of hydrogen-bond donors (Lipinski definition) is 2. The molecule has 1 saturated heterocycles. The maximum Gasteiger partial charge on any atom is 0.239 e. The Morgan fingerprint density at radius 3 is 2.90 bits per heavy atom. The Balaban J connectivity index is 1.60. The molecule has 1 amide bonds. The third-order valence-electron chi connectivity index (χ3n) is 3.13. The van der Waals surface area contributed by atoms with Crippen molar-refractivity contribution in [3.8, 4) is 0 Å². The van der Waals surface area contributed by atoms with E-state index >= 15 is 0 Å². The number of morpholine rings is 1. The lowest BCUT2D eigenvalue weighted by Gasteiger charge is -2.26. The minimum absolute atomic E-state index is 0.0123. The highest BCUT2D eigenvalue weighted by atomic mass is 79.9. The molecule has 0 bridgehead atoms. The molecule has 0 aliphatic carbocycles. The third kappa shape index (κ3) is 5.48. The molecule has 110 valence electrons. The molecule has 1 fully saturated rings. The molecular weight excluding hydrogens is 322 g/mol. The van der Waals surface area contributed by atoms with Gasteiger partial charge in [0.05, 0.1) is 19.8 Å². The summed E-state index contributed by atoms with van der Waals surface area (Å²) in [6, 6.07) is 7.77. The summed E-state index contributed by atoms with van der Waals surface area (Å²) in [5.41, 5.74) is 0.933. The molecule has 0 atom stereocenters. The maximum atomic E-state index is 11.7. The minimum Gasteiger partial charge on any atom is -0.379 e. The second-order valence-electron chi connectivity index (χ2n) is 4.67. The van der Waals surface area contributed by atoms with E-state index in [0.29, 0.717) is 13.1 Å². The van der Waals surface area contributed by atoms with Crippen LogP contribution in [0, 0.1) is 0 Å². The number of rotatable bonds is 6. The first-order chi connectivity index (χ1) is 9.74. The molecular formula is C14H20BrN3O2. The number of anilines is 1. The predicted octanol–water partition coefficient (Wildman–Crippen LogP) is 1.31. The van der Waals surface area contributed by atoms with Crippen LogP contribution in [0.5, 0.6) is 0 Å². The molecule has 2 rings (SSSR count). The quantitative estimate of drug-likeness (QED) is 0.819. The van der Waals surface area contributed by atoms with Gasteiger partial charge in [0.2, 0.25) is 5.91 Å². The summed E-state index contributed by atoms with van der Waals surface area (Å²) < 4.78 is 6.28. The number of carbonyl (C=O) groups is 1. The van der Waals surface area contributed by atoms with Crippen LogP contribution in [-0.4, -0.2) is 56.7 Å². The second-order valence-corrected chi connectivity index (χ2v) is 5.58. The van der Waals surface area contributed by atoms with Crippen molar-refractivity contribution >= 4 is 27.5 Å². The average Bonchev–Trinajstić information content (AvgIpc) is 2.46. The SMILES string of the molecule is O=C(CNc1cccc(Br)c1)NCCN1CCOCC1. The molecule has 1 aliphatic heterocycles. The highest BCUT2D eigenvalue weighted by molar-refractivity contribution is 9.10. The van der Waals surface area contributed by atoms with Crippen LogP contribution < -0.4 is 10.6 Å². The molecule has 20 heavy (non-hydrogen) atoms. The summed E-state index contributed by atoms with van der Waals surface area (Å²) in [7, 11) is 0. The van der Waals surface area contributed by atoms with Gasteiger partial charge in [-0.1, -0.05) is 22.0 Å². The van der Waals surface area contributed by atoms with Gasteiger partial charge in [0.15, 0.2) is 0 Å². The second kappa shape index (κ2) is 8.24. The number of nitrogens with one attached hydrogen (secondary N) is 2. The molecule has 0 radical (unpaired) electrons. The minimum atomic E-state index is 0.0123. The zero-order valence-electron chi connectivity index (χ0n) is 11.4. The first-order valence-corrected chi connectivity index (χ1v) is 7.59. The van der Waals surface area contributed by atoms with Gasteiger partial charge in [-0.3, -0.25) is 9.69 Å². The Kier molecular flexibility index (Phi) is 6.29. The molecule has 1 heterocycles. The van der Waals surface area contributed by atoms with Gasteiger partial charge in [0, 0.05) is 36.3 Å². The van der Waals surface area contributed by atoms with Crippen LogP contribution in [0.1, 0.15) is 0 Å². The van der Waals surface area contributed by atoms with E-state index in [1.807, 2.05) is 24.3 Å². The monoisotopic (exact) mass is 341 g/mol. The van der Waals surface area contributed by atoms with E-state index in [1.54, 1.807) is 0 Å². The smallest absolute Gasteiger partial charge is 0.239 e. The van der Waals surface area contributed by atoms with Crippen LogP contribution in [0.4, 0.5) is 5.69 Å². The van der Waals surface area contributed by atoms with E-state index < -0.39 is 0 Å². The van der Waals surface area contributed by atoms with Crippen molar-refractivity contribution < 1.29 is 9.53 Å². The Hall–Kier alpha value is -1.11. The van der Waals surface area contributed by atoms with Gasteiger partial charge in [-0.25, -0.2) is 0 Å². The van der Waals surface area contributed by atoms with Crippen molar-refractivity contribution in [3.63, 3.8) is 0 Å². The highest BCUT2D eigenvalue weighted by Crippen LogP contribution is 2.15. The molecule has 1 aromatic carbocycles. The maximum absolute atomic E-state index is 11.7. The van der Waals surface area contributed by atoms with Crippen molar-refractivity contribution in [2.45, 2.75) is 0 Å². The summed E-state index contributed by atoms with van der Waals surface area (Å²) in [5, 5.41) is 6.02.